The fourth-order valence-corrected chi connectivity index (χ4v) is 9.57. The maximum atomic E-state index is 5.84. The lowest BCUT2D eigenvalue weighted by Gasteiger charge is -2.27. The summed E-state index contributed by atoms with van der Waals surface area (Å²) in [6.45, 7) is 0.637. The molecule has 24 heavy (non-hydrogen) atoms. The van der Waals surface area contributed by atoms with E-state index in [4.69, 9.17) is 18.0 Å². The van der Waals surface area contributed by atoms with Crippen LogP contribution in [0.3, 0.4) is 0 Å². The summed E-state index contributed by atoms with van der Waals surface area (Å²) in [5, 5.41) is 0. The number of benzene rings is 1. The predicted molar refractivity (Wildman–Crippen MR) is 107 cm³/mol. The van der Waals surface area contributed by atoms with Crippen LogP contribution in [0.1, 0.15) is 24.8 Å². The van der Waals surface area contributed by atoms with Crippen molar-refractivity contribution >= 4 is 32.1 Å². The number of hydrogen-bond donors (Lipinski definition) is 0. The zero-order valence-corrected chi connectivity index (χ0v) is 18.3. The highest BCUT2D eigenvalue weighted by atomic mass is 79.9. The molecule has 1 aliphatic rings. The van der Waals surface area contributed by atoms with Crippen molar-refractivity contribution in [1.82, 2.24) is 0 Å². The molecule has 0 aromatic heterocycles. The average Bonchev–Trinajstić information content (AvgIpc) is 3.03. The molecule has 2 rings (SSSR count). The maximum absolute atomic E-state index is 5.84. The Bertz CT molecular complexity index is 482. The molecule has 1 aromatic carbocycles. The van der Waals surface area contributed by atoms with Crippen molar-refractivity contribution in [3.05, 3.63) is 29.8 Å². The van der Waals surface area contributed by atoms with Crippen molar-refractivity contribution in [2.75, 3.05) is 39.4 Å². The summed E-state index contributed by atoms with van der Waals surface area (Å²) in [4.78, 5) is 0. The minimum Gasteiger partial charge on any atom is -0.494 e. The second-order valence-corrected chi connectivity index (χ2v) is 16.3. The van der Waals surface area contributed by atoms with Crippen LogP contribution in [0, 0.1) is 0 Å². The largest absolute Gasteiger partial charge is 0.500 e. The van der Waals surface area contributed by atoms with Crippen LogP contribution in [0.4, 0.5) is 0 Å². The molecule has 1 saturated heterocycles. The third-order valence-corrected chi connectivity index (χ3v) is 12.8. The molecule has 0 saturated carbocycles. The van der Waals surface area contributed by atoms with Crippen molar-refractivity contribution in [2.24, 2.45) is 0 Å². The van der Waals surface area contributed by atoms with Gasteiger partial charge in [-0.05, 0) is 63.3 Å². The Balaban J connectivity index is 1.76. The van der Waals surface area contributed by atoms with Gasteiger partial charge < -0.3 is 18.0 Å². The molecule has 0 atom stereocenters. The van der Waals surface area contributed by atoms with Crippen LogP contribution in [-0.4, -0.2) is 48.2 Å². The van der Waals surface area contributed by atoms with Crippen LogP contribution in [0.15, 0.2) is 24.3 Å². The first-order chi connectivity index (χ1) is 11.5. The summed E-state index contributed by atoms with van der Waals surface area (Å²) in [5.74, 6) is 4.81. The van der Waals surface area contributed by atoms with Crippen LogP contribution in [0.5, 0.6) is 5.75 Å². The molecule has 0 N–H and O–H groups in total. The van der Waals surface area contributed by atoms with E-state index in [1.807, 2.05) is 0 Å². The Morgan fingerprint density at radius 3 is 2.12 bits per heavy atom. The second-order valence-electron chi connectivity index (χ2n) is 6.09. The molecule has 0 bridgehead atoms. The van der Waals surface area contributed by atoms with Gasteiger partial charge in [-0.15, -0.1) is 0 Å². The van der Waals surface area contributed by atoms with Gasteiger partial charge in [0.2, 0.25) is 0 Å². The quantitative estimate of drug-likeness (QED) is 0.391. The Kier molecular flexibility index (Phi) is 8.10. The molecule has 138 valence electrons. The highest BCUT2D eigenvalue weighted by molar-refractivity contribution is 9.58. The standard InChI is InChI=1S/C17H29BrO4SSi/c1-19-24(20-2,21-3)14-6-11-22-17-9-7-16(8-10-17)15-23(18)12-4-5-13-23/h7-10H,4-6,11-15H2,1-3H3. The number of hydrogen-bond acceptors (Lipinski definition) is 4. The van der Waals surface area contributed by atoms with Crippen molar-refractivity contribution in [1.29, 1.82) is 0 Å². The van der Waals surface area contributed by atoms with Gasteiger partial charge in [-0.1, -0.05) is 12.1 Å². The topological polar surface area (TPSA) is 36.9 Å². The van der Waals surface area contributed by atoms with Crippen molar-refractivity contribution in [2.45, 2.75) is 31.1 Å². The van der Waals surface area contributed by atoms with Gasteiger partial charge in [0.1, 0.15) is 5.75 Å². The van der Waals surface area contributed by atoms with Gasteiger partial charge in [0.25, 0.3) is 0 Å². The second kappa shape index (κ2) is 9.59. The van der Waals surface area contributed by atoms with E-state index < -0.39 is 17.3 Å². The van der Waals surface area contributed by atoms with E-state index in [-0.39, 0.29) is 0 Å². The minimum absolute atomic E-state index is 0.581. The predicted octanol–water partition coefficient (Wildman–Crippen LogP) is 4.74. The lowest BCUT2D eigenvalue weighted by Crippen LogP contribution is -2.42. The molecule has 4 nitrogen and oxygen atoms in total. The molecule has 1 aromatic rings. The Hall–Kier alpha value is -0.0531. The molecule has 0 unspecified atom stereocenters. The van der Waals surface area contributed by atoms with Crippen molar-refractivity contribution < 1.29 is 18.0 Å². The average molecular weight is 437 g/mol. The van der Waals surface area contributed by atoms with E-state index in [0.717, 1.165) is 18.2 Å². The first kappa shape index (κ1) is 20.3. The summed E-state index contributed by atoms with van der Waals surface area (Å²) in [6.07, 6.45) is 3.59. The highest BCUT2D eigenvalue weighted by Gasteiger charge is 2.36. The van der Waals surface area contributed by atoms with Crippen LogP contribution < -0.4 is 4.74 Å². The fourth-order valence-electron chi connectivity index (χ4n) is 2.98. The van der Waals surface area contributed by atoms with Crippen LogP contribution >= 0.6 is 23.3 Å². The molecular formula is C17H29BrO4SSi. The molecule has 1 heterocycles. The van der Waals surface area contributed by atoms with Crippen molar-refractivity contribution in [3.63, 3.8) is 0 Å². The number of halogens is 1. The molecule has 0 amide bonds. The smallest absolute Gasteiger partial charge is 0.494 e. The van der Waals surface area contributed by atoms with Crippen LogP contribution in [0.25, 0.3) is 0 Å². The van der Waals surface area contributed by atoms with Crippen LogP contribution in [-0.2, 0) is 19.0 Å². The number of rotatable bonds is 10. The lowest BCUT2D eigenvalue weighted by atomic mass is 10.2. The third kappa shape index (κ3) is 5.74. The zero-order chi connectivity index (χ0) is 17.5. The van der Waals surface area contributed by atoms with E-state index in [1.54, 1.807) is 21.3 Å². The van der Waals surface area contributed by atoms with Gasteiger partial charge >= 0.3 is 8.80 Å². The van der Waals surface area contributed by atoms with E-state index in [9.17, 15) is 0 Å². The normalized spacial score (nSPS) is 18.5. The van der Waals surface area contributed by atoms with E-state index >= 15 is 0 Å². The zero-order valence-electron chi connectivity index (χ0n) is 14.9. The molecule has 1 fully saturated rings. The van der Waals surface area contributed by atoms with Gasteiger partial charge in [0.15, 0.2) is 0 Å². The summed E-state index contributed by atoms with van der Waals surface area (Å²) in [7, 11) is 1.86. The Morgan fingerprint density at radius 2 is 1.58 bits per heavy atom. The first-order valence-corrected chi connectivity index (χ1v) is 14.3. The van der Waals surface area contributed by atoms with Gasteiger partial charge in [-0.25, -0.2) is 0 Å². The third-order valence-electron chi connectivity index (χ3n) is 4.45. The van der Waals surface area contributed by atoms with Crippen LogP contribution in [0.2, 0.25) is 6.04 Å². The van der Waals surface area contributed by atoms with Crippen molar-refractivity contribution in [3.8, 4) is 5.75 Å². The summed E-state index contributed by atoms with van der Waals surface area (Å²) < 4.78 is 22.1. The number of ether oxygens (including phenoxy) is 1. The highest BCUT2D eigenvalue weighted by Crippen LogP contribution is 2.62. The molecule has 7 heteroatoms. The van der Waals surface area contributed by atoms with E-state index in [1.165, 1.54) is 35.7 Å². The lowest BCUT2D eigenvalue weighted by molar-refractivity contribution is 0.121. The maximum Gasteiger partial charge on any atom is 0.500 e. The molecule has 0 radical (unpaired) electrons. The van der Waals surface area contributed by atoms with Gasteiger partial charge in [0, 0.05) is 33.1 Å². The first-order valence-electron chi connectivity index (χ1n) is 8.38. The van der Waals surface area contributed by atoms with Gasteiger partial charge in [-0.2, -0.15) is 8.46 Å². The Morgan fingerprint density at radius 1 is 1.00 bits per heavy atom. The molecule has 0 spiro atoms. The van der Waals surface area contributed by atoms with Gasteiger partial charge in [0.05, 0.1) is 6.61 Å². The SMILES string of the molecule is CO[Si](CCCOc1ccc(CS2(Br)CCCC2)cc1)(OC)OC. The van der Waals surface area contributed by atoms with Gasteiger partial charge in [-0.3, -0.25) is 0 Å². The monoisotopic (exact) mass is 436 g/mol. The summed E-state index contributed by atoms with van der Waals surface area (Å²) in [5.41, 5.74) is 1.40. The Labute approximate surface area is 156 Å². The minimum atomic E-state index is -2.48. The molecule has 0 aliphatic carbocycles. The van der Waals surface area contributed by atoms with E-state index in [0.29, 0.717) is 6.61 Å². The summed E-state index contributed by atoms with van der Waals surface area (Å²) in [6, 6.07) is 9.30. The summed E-state index contributed by atoms with van der Waals surface area (Å²) >= 11 is 4.01. The molecule has 1 aliphatic heterocycles. The van der Waals surface area contributed by atoms with E-state index in [2.05, 4.69) is 39.1 Å². The fraction of sp³-hybridized carbons (Fsp3) is 0.647. The molecular weight excluding hydrogens is 408 g/mol.